The molecule has 0 atom stereocenters. The van der Waals surface area contributed by atoms with Crippen LogP contribution in [0.15, 0.2) is 49.1 Å². The first-order valence-electron chi connectivity index (χ1n) is 7.34. The molecular weight excluding hydrogens is 306 g/mol. The number of methoxy groups -OCH3 is 1. The van der Waals surface area contributed by atoms with Gasteiger partial charge in [0.05, 0.1) is 13.3 Å². The molecule has 24 heavy (non-hydrogen) atoms. The Bertz CT molecular complexity index is 987. The van der Waals surface area contributed by atoms with Gasteiger partial charge in [-0.25, -0.2) is 4.52 Å². The SMILES string of the molecule is COc1ccc(Nc2nc3c(-c4cnn(C)c4)nccn3n2)cc1. The number of anilines is 2. The van der Waals surface area contributed by atoms with Crippen molar-refractivity contribution < 1.29 is 4.74 Å². The first-order chi connectivity index (χ1) is 11.7. The number of rotatable bonds is 4. The van der Waals surface area contributed by atoms with E-state index >= 15 is 0 Å². The molecule has 0 unspecified atom stereocenters. The van der Waals surface area contributed by atoms with Gasteiger partial charge in [-0.2, -0.15) is 10.1 Å². The van der Waals surface area contributed by atoms with Gasteiger partial charge in [0.2, 0.25) is 5.95 Å². The van der Waals surface area contributed by atoms with E-state index in [9.17, 15) is 0 Å². The summed E-state index contributed by atoms with van der Waals surface area (Å²) in [5.41, 5.74) is 3.18. The maximum absolute atomic E-state index is 5.15. The van der Waals surface area contributed by atoms with E-state index in [1.165, 1.54) is 0 Å². The zero-order valence-corrected chi connectivity index (χ0v) is 13.2. The second kappa shape index (κ2) is 5.65. The van der Waals surface area contributed by atoms with Crippen LogP contribution >= 0.6 is 0 Å². The fourth-order valence-electron chi connectivity index (χ4n) is 2.42. The second-order valence-corrected chi connectivity index (χ2v) is 5.24. The van der Waals surface area contributed by atoms with Crippen LogP contribution in [0.2, 0.25) is 0 Å². The third-order valence-electron chi connectivity index (χ3n) is 3.58. The van der Waals surface area contributed by atoms with Crippen molar-refractivity contribution in [3.05, 3.63) is 49.1 Å². The molecule has 8 heteroatoms. The van der Waals surface area contributed by atoms with Gasteiger partial charge in [-0.3, -0.25) is 9.67 Å². The van der Waals surface area contributed by atoms with Crippen LogP contribution in [-0.2, 0) is 7.05 Å². The number of hydrogen-bond donors (Lipinski definition) is 1. The lowest BCUT2D eigenvalue weighted by Crippen LogP contribution is -1.93. The van der Waals surface area contributed by atoms with Crippen molar-refractivity contribution in [1.82, 2.24) is 29.4 Å². The van der Waals surface area contributed by atoms with E-state index in [0.717, 1.165) is 22.7 Å². The van der Waals surface area contributed by atoms with E-state index in [-0.39, 0.29) is 0 Å². The molecule has 0 bridgehead atoms. The molecule has 8 nitrogen and oxygen atoms in total. The van der Waals surface area contributed by atoms with Gasteiger partial charge in [-0.1, -0.05) is 0 Å². The van der Waals surface area contributed by atoms with Crippen molar-refractivity contribution in [1.29, 1.82) is 0 Å². The molecule has 0 saturated carbocycles. The Balaban J connectivity index is 1.70. The lowest BCUT2D eigenvalue weighted by Gasteiger charge is -2.02. The smallest absolute Gasteiger partial charge is 0.247 e. The zero-order valence-electron chi connectivity index (χ0n) is 13.2. The normalized spacial score (nSPS) is 10.9. The van der Waals surface area contributed by atoms with Gasteiger partial charge >= 0.3 is 0 Å². The molecule has 3 aromatic heterocycles. The van der Waals surface area contributed by atoms with Crippen LogP contribution in [0.5, 0.6) is 5.75 Å². The van der Waals surface area contributed by atoms with Crippen molar-refractivity contribution >= 4 is 17.3 Å². The Hall–Kier alpha value is -3.42. The van der Waals surface area contributed by atoms with E-state index in [1.54, 1.807) is 34.9 Å². The summed E-state index contributed by atoms with van der Waals surface area (Å²) in [5, 5.41) is 11.8. The number of hydrogen-bond acceptors (Lipinski definition) is 6. The molecule has 3 heterocycles. The summed E-state index contributed by atoms with van der Waals surface area (Å²) in [6.45, 7) is 0. The van der Waals surface area contributed by atoms with Crippen molar-refractivity contribution in [3.8, 4) is 17.0 Å². The van der Waals surface area contributed by atoms with Gasteiger partial charge in [-0.05, 0) is 24.3 Å². The topological polar surface area (TPSA) is 82.2 Å². The number of nitrogens with zero attached hydrogens (tertiary/aromatic N) is 6. The van der Waals surface area contributed by atoms with Crippen molar-refractivity contribution in [3.63, 3.8) is 0 Å². The summed E-state index contributed by atoms with van der Waals surface area (Å²) in [5.74, 6) is 1.30. The highest BCUT2D eigenvalue weighted by atomic mass is 16.5. The van der Waals surface area contributed by atoms with Gasteiger partial charge in [0.15, 0.2) is 5.65 Å². The molecule has 4 rings (SSSR count). The quantitative estimate of drug-likeness (QED) is 0.621. The summed E-state index contributed by atoms with van der Waals surface area (Å²) in [4.78, 5) is 8.96. The molecule has 120 valence electrons. The lowest BCUT2D eigenvalue weighted by atomic mass is 10.2. The van der Waals surface area contributed by atoms with Crippen molar-refractivity contribution in [2.24, 2.45) is 7.05 Å². The lowest BCUT2D eigenvalue weighted by molar-refractivity contribution is 0.415. The minimum atomic E-state index is 0.498. The maximum Gasteiger partial charge on any atom is 0.247 e. The van der Waals surface area contributed by atoms with Crippen LogP contribution < -0.4 is 10.1 Å². The van der Waals surface area contributed by atoms with Crippen LogP contribution in [0.4, 0.5) is 11.6 Å². The van der Waals surface area contributed by atoms with Crippen LogP contribution in [0.25, 0.3) is 16.9 Å². The highest BCUT2D eigenvalue weighted by Gasteiger charge is 2.12. The molecule has 0 radical (unpaired) electrons. The van der Waals surface area contributed by atoms with Gasteiger partial charge in [0.25, 0.3) is 0 Å². The Kier molecular flexibility index (Phi) is 3.34. The van der Waals surface area contributed by atoms with E-state index in [4.69, 9.17) is 4.74 Å². The largest absolute Gasteiger partial charge is 0.497 e. The Morgan fingerprint density at radius 2 is 2.00 bits per heavy atom. The summed E-state index contributed by atoms with van der Waals surface area (Å²) in [7, 11) is 3.50. The minimum Gasteiger partial charge on any atom is -0.497 e. The first-order valence-corrected chi connectivity index (χ1v) is 7.34. The van der Waals surface area contributed by atoms with E-state index in [1.807, 2.05) is 37.5 Å². The number of fused-ring (bicyclic) bond motifs is 1. The number of benzene rings is 1. The number of aryl methyl sites for hydroxylation is 1. The average molecular weight is 321 g/mol. The van der Waals surface area contributed by atoms with Crippen LogP contribution in [0.1, 0.15) is 0 Å². The summed E-state index contributed by atoms with van der Waals surface area (Å²) >= 11 is 0. The molecule has 0 saturated heterocycles. The zero-order chi connectivity index (χ0) is 16.5. The summed E-state index contributed by atoms with van der Waals surface area (Å²) in [6.07, 6.45) is 7.11. The Morgan fingerprint density at radius 1 is 1.17 bits per heavy atom. The Morgan fingerprint density at radius 3 is 2.71 bits per heavy atom. The molecule has 0 aliphatic heterocycles. The second-order valence-electron chi connectivity index (χ2n) is 5.24. The van der Waals surface area contributed by atoms with Crippen molar-refractivity contribution in [2.45, 2.75) is 0 Å². The maximum atomic E-state index is 5.15. The van der Waals surface area contributed by atoms with E-state index < -0.39 is 0 Å². The fraction of sp³-hybridized carbons (Fsp3) is 0.125. The number of nitrogens with one attached hydrogen (secondary N) is 1. The molecule has 0 spiro atoms. The number of ether oxygens (including phenoxy) is 1. The van der Waals surface area contributed by atoms with Gasteiger partial charge in [0, 0.05) is 36.9 Å². The van der Waals surface area contributed by atoms with Crippen LogP contribution in [-0.4, -0.2) is 36.5 Å². The molecule has 0 amide bonds. The van der Waals surface area contributed by atoms with Gasteiger partial charge < -0.3 is 10.1 Å². The predicted molar refractivity (Wildman–Crippen MR) is 89.3 cm³/mol. The van der Waals surface area contributed by atoms with Gasteiger partial charge in [0.1, 0.15) is 11.4 Å². The van der Waals surface area contributed by atoms with E-state index in [0.29, 0.717) is 11.6 Å². The molecular formula is C16H15N7O. The molecule has 1 aromatic carbocycles. The average Bonchev–Trinajstić information content (AvgIpc) is 3.21. The van der Waals surface area contributed by atoms with Crippen LogP contribution in [0.3, 0.4) is 0 Å². The third kappa shape index (κ3) is 2.54. The molecule has 4 aromatic rings. The third-order valence-corrected chi connectivity index (χ3v) is 3.58. The van der Waals surface area contributed by atoms with Gasteiger partial charge in [-0.15, -0.1) is 5.10 Å². The summed E-state index contributed by atoms with van der Waals surface area (Å²) in [6, 6.07) is 7.57. The molecule has 1 N–H and O–H groups in total. The van der Waals surface area contributed by atoms with Crippen LogP contribution in [0, 0.1) is 0 Å². The first kappa shape index (κ1) is 14.2. The minimum absolute atomic E-state index is 0.498. The summed E-state index contributed by atoms with van der Waals surface area (Å²) < 4.78 is 8.58. The molecule has 0 aliphatic rings. The number of aromatic nitrogens is 6. The standard InChI is InChI=1S/C16H15N7O/c1-22-10-11(9-18-22)14-15-20-16(21-23(15)8-7-17-14)19-12-3-5-13(24-2)6-4-12/h3-10H,1-2H3,(H,19,21). The highest BCUT2D eigenvalue weighted by molar-refractivity contribution is 5.73. The molecule has 0 fully saturated rings. The predicted octanol–water partition coefficient (Wildman–Crippen LogP) is 2.28. The highest BCUT2D eigenvalue weighted by Crippen LogP contribution is 2.23. The molecule has 0 aliphatic carbocycles. The Labute approximate surface area is 137 Å². The fourth-order valence-corrected chi connectivity index (χ4v) is 2.42. The monoisotopic (exact) mass is 321 g/mol. The van der Waals surface area contributed by atoms with Crippen molar-refractivity contribution in [2.75, 3.05) is 12.4 Å². The van der Waals surface area contributed by atoms with E-state index in [2.05, 4.69) is 25.5 Å².